The molecular formula is C15H24N4O2. The van der Waals surface area contributed by atoms with Crippen LogP contribution in [0.3, 0.4) is 0 Å². The van der Waals surface area contributed by atoms with Gasteiger partial charge < -0.3 is 20.9 Å². The quantitative estimate of drug-likeness (QED) is 0.828. The molecule has 0 aromatic carbocycles. The van der Waals surface area contributed by atoms with Crippen LogP contribution in [0.15, 0.2) is 23.9 Å². The summed E-state index contributed by atoms with van der Waals surface area (Å²) in [5.41, 5.74) is 7.37. The van der Waals surface area contributed by atoms with Crippen LogP contribution >= 0.6 is 0 Å². The Balaban J connectivity index is 2.04. The smallest absolute Gasteiger partial charge is 0.322 e. The molecular weight excluding hydrogens is 268 g/mol. The summed E-state index contributed by atoms with van der Waals surface area (Å²) >= 11 is 0. The molecule has 116 valence electrons. The maximum Gasteiger partial charge on any atom is 0.322 e. The molecule has 21 heavy (non-hydrogen) atoms. The lowest BCUT2D eigenvalue weighted by atomic mass is 9.99. The van der Waals surface area contributed by atoms with Crippen molar-refractivity contribution in [3.8, 4) is 0 Å². The van der Waals surface area contributed by atoms with E-state index in [-0.39, 0.29) is 18.1 Å². The van der Waals surface area contributed by atoms with Crippen LogP contribution in [-0.4, -0.2) is 47.5 Å². The normalized spacial score (nSPS) is 20.5. The largest absolute Gasteiger partial charge is 0.351 e. The lowest BCUT2D eigenvalue weighted by Crippen LogP contribution is -2.54. The van der Waals surface area contributed by atoms with Crippen molar-refractivity contribution in [3.63, 3.8) is 0 Å². The second kappa shape index (κ2) is 6.65. The van der Waals surface area contributed by atoms with Gasteiger partial charge in [0.1, 0.15) is 0 Å². The van der Waals surface area contributed by atoms with Crippen molar-refractivity contribution in [2.24, 2.45) is 5.73 Å². The number of nitrogens with two attached hydrogens (primary N) is 1. The molecule has 1 saturated heterocycles. The third-order valence-corrected chi connectivity index (χ3v) is 4.22. The summed E-state index contributed by atoms with van der Waals surface area (Å²) in [6.07, 6.45) is 5.27. The number of nitrogens with zero attached hydrogens (tertiary/aromatic N) is 2. The van der Waals surface area contributed by atoms with Gasteiger partial charge in [-0.15, -0.1) is 0 Å². The summed E-state index contributed by atoms with van der Waals surface area (Å²) in [5, 5.41) is 2.93. The van der Waals surface area contributed by atoms with Crippen molar-refractivity contribution >= 4 is 12.1 Å². The van der Waals surface area contributed by atoms with Crippen LogP contribution in [0.25, 0.3) is 0 Å². The van der Waals surface area contributed by atoms with Gasteiger partial charge in [0.05, 0.1) is 0 Å². The monoisotopic (exact) mass is 292 g/mol. The second-order valence-corrected chi connectivity index (χ2v) is 5.59. The van der Waals surface area contributed by atoms with Gasteiger partial charge in [0.2, 0.25) is 0 Å². The summed E-state index contributed by atoms with van der Waals surface area (Å²) in [7, 11) is 0. The van der Waals surface area contributed by atoms with E-state index in [9.17, 15) is 9.59 Å². The first-order valence-electron chi connectivity index (χ1n) is 7.53. The predicted molar refractivity (Wildman–Crippen MR) is 81.5 cm³/mol. The Morgan fingerprint density at radius 1 is 1.48 bits per heavy atom. The van der Waals surface area contributed by atoms with Gasteiger partial charge in [0, 0.05) is 31.4 Å². The molecule has 0 unspecified atom stereocenters. The molecule has 6 heteroatoms. The number of carbonyl (C=O) groups excluding carboxylic acids is 2. The molecule has 0 radical (unpaired) electrons. The Labute approximate surface area is 125 Å². The fraction of sp³-hybridized carbons (Fsp3) is 0.600. The van der Waals surface area contributed by atoms with Crippen molar-refractivity contribution in [2.75, 3.05) is 19.6 Å². The van der Waals surface area contributed by atoms with E-state index in [0.29, 0.717) is 19.6 Å². The Morgan fingerprint density at radius 3 is 2.67 bits per heavy atom. The molecule has 1 fully saturated rings. The van der Waals surface area contributed by atoms with Crippen molar-refractivity contribution in [1.29, 1.82) is 0 Å². The number of hydrogen-bond donors (Lipinski definition) is 2. The number of carbonyl (C=O) groups is 2. The number of rotatable bonds is 4. The molecule has 2 aliphatic heterocycles. The lowest BCUT2D eigenvalue weighted by Gasteiger charge is -2.40. The number of allylic oxidation sites excluding steroid dienone is 1. The molecule has 0 aromatic rings. The number of nitrogens with one attached hydrogen (secondary N) is 1. The van der Waals surface area contributed by atoms with Crippen LogP contribution in [0.4, 0.5) is 9.59 Å². The van der Waals surface area contributed by atoms with Crippen molar-refractivity contribution < 1.29 is 9.59 Å². The summed E-state index contributed by atoms with van der Waals surface area (Å²) in [6.45, 7) is 7.78. The summed E-state index contributed by atoms with van der Waals surface area (Å²) in [4.78, 5) is 26.9. The highest BCUT2D eigenvalue weighted by atomic mass is 16.2. The van der Waals surface area contributed by atoms with E-state index in [4.69, 9.17) is 5.73 Å². The first-order valence-corrected chi connectivity index (χ1v) is 7.53. The van der Waals surface area contributed by atoms with Gasteiger partial charge in [-0.2, -0.15) is 0 Å². The Hall–Kier alpha value is -1.98. The molecule has 0 aliphatic carbocycles. The zero-order valence-corrected chi connectivity index (χ0v) is 12.6. The standard InChI is InChI=1S/C15H24N4O2/c1-3-5-11-10-19(15(21)17-13(11)4-2)12-6-8-18(9-7-12)14(16)20/h4,12H,2-3,5-10H2,1H3,(H2,16,20)(H,17,21). The van der Waals surface area contributed by atoms with E-state index >= 15 is 0 Å². The van der Waals surface area contributed by atoms with Gasteiger partial charge >= 0.3 is 12.1 Å². The average molecular weight is 292 g/mol. The third kappa shape index (κ3) is 3.37. The van der Waals surface area contributed by atoms with Crippen molar-refractivity contribution in [3.05, 3.63) is 23.9 Å². The Morgan fingerprint density at radius 2 is 2.14 bits per heavy atom. The van der Waals surface area contributed by atoms with Crippen molar-refractivity contribution in [1.82, 2.24) is 15.1 Å². The zero-order valence-electron chi connectivity index (χ0n) is 12.6. The molecule has 0 bridgehead atoms. The van der Waals surface area contributed by atoms with E-state index < -0.39 is 0 Å². The molecule has 3 N–H and O–H groups in total. The van der Waals surface area contributed by atoms with Crippen LogP contribution in [0, 0.1) is 0 Å². The first-order chi connectivity index (χ1) is 10.1. The number of piperidine rings is 1. The SMILES string of the molecule is C=CC1=C(CCC)CN(C2CCN(C(N)=O)CC2)C(=O)N1. The number of urea groups is 2. The van der Waals surface area contributed by atoms with E-state index in [0.717, 1.165) is 31.4 Å². The maximum absolute atomic E-state index is 12.3. The summed E-state index contributed by atoms with van der Waals surface area (Å²) in [6, 6.07) is -0.279. The van der Waals surface area contributed by atoms with Crippen LogP contribution in [0.1, 0.15) is 32.6 Å². The van der Waals surface area contributed by atoms with Gasteiger partial charge in [-0.1, -0.05) is 19.9 Å². The molecule has 6 nitrogen and oxygen atoms in total. The molecule has 4 amide bonds. The van der Waals surface area contributed by atoms with E-state index in [1.165, 1.54) is 5.57 Å². The first kappa shape index (κ1) is 15.4. The minimum absolute atomic E-state index is 0.0673. The highest BCUT2D eigenvalue weighted by molar-refractivity contribution is 5.79. The minimum atomic E-state index is -0.378. The second-order valence-electron chi connectivity index (χ2n) is 5.59. The zero-order chi connectivity index (χ0) is 15.4. The molecule has 0 saturated carbocycles. The van der Waals surface area contributed by atoms with Gasteiger partial charge in [-0.3, -0.25) is 0 Å². The third-order valence-electron chi connectivity index (χ3n) is 4.22. The summed E-state index contributed by atoms with van der Waals surface area (Å²) in [5.74, 6) is 0. The lowest BCUT2D eigenvalue weighted by molar-refractivity contribution is 0.132. The van der Waals surface area contributed by atoms with Gasteiger partial charge in [-0.05, 0) is 30.9 Å². The topological polar surface area (TPSA) is 78.7 Å². The maximum atomic E-state index is 12.3. The van der Waals surface area contributed by atoms with E-state index in [2.05, 4.69) is 18.8 Å². The van der Waals surface area contributed by atoms with Crippen LogP contribution in [-0.2, 0) is 0 Å². The highest BCUT2D eigenvalue weighted by Gasteiger charge is 2.32. The van der Waals surface area contributed by atoms with Gasteiger partial charge in [0.15, 0.2) is 0 Å². The summed E-state index contributed by atoms with van der Waals surface area (Å²) < 4.78 is 0. The average Bonchev–Trinajstić information content (AvgIpc) is 2.49. The molecule has 2 aliphatic rings. The van der Waals surface area contributed by atoms with Crippen LogP contribution in [0.2, 0.25) is 0 Å². The van der Waals surface area contributed by atoms with E-state index in [1.807, 2.05) is 4.90 Å². The minimum Gasteiger partial charge on any atom is -0.351 e. The van der Waals surface area contributed by atoms with Gasteiger partial charge in [0.25, 0.3) is 0 Å². The number of likely N-dealkylation sites (tertiary alicyclic amines) is 1. The number of hydrogen-bond acceptors (Lipinski definition) is 2. The molecule has 0 atom stereocenters. The van der Waals surface area contributed by atoms with Crippen LogP contribution < -0.4 is 11.1 Å². The molecule has 2 heterocycles. The van der Waals surface area contributed by atoms with Gasteiger partial charge in [-0.25, -0.2) is 9.59 Å². The highest BCUT2D eigenvalue weighted by Crippen LogP contribution is 2.23. The molecule has 0 spiro atoms. The number of primary amides is 1. The van der Waals surface area contributed by atoms with Crippen LogP contribution in [0.5, 0.6) is 0 Å². The fourth-order valence-electron chi connectivity index (χ4n) is 3.04. The number of amides is 4. The fourth-order valence-corrected chi connectivity index (χ4v) is 3.04. The Bertz CT molecular complexity index is 464. The predicted octanol–water partition coefficient (Wildman–Crippen LogP) is 1.79. The van der Waals surface area contributed by atoms with E-state index in [1.54, 1.807) is 11.0 Å². The molecule has 2 rings (SSSR count). The molecule has 0 aromatic heterocycles. The Kier molecular flexibility index (Phi) is 4.88. The van der Waals surface area contributed by atoms with Crippen molar-refractivity contribution in [2.45, 2.75) is 38.6 Å².